The van der Waals surface area contributed by atoms with Crippen molar-refractivity contribution in [3.05, 3.63) is 102 Å². The van der Waals surface area contributed by atoms with Gasteiger partial charge in [-0.1, -0.05) is 0 Å². The molecule has 32 heavy (non-hydrogen) atoms. The van der Waals surface area contributed by atoms with E-state index < -0.39 is 5.97 Å². The molecule has 2 aromatic heterocycles. The van der Waals surface area contributed by atoms with Crippen LogP contribution >= 0.6 is 0 Å². The Hall–Kier alpha value is -4.39. The van der Waals surface area contributed by atoms with Crippen molar-refractivity contribution in [1.29, 1.82) is 0 Å². The summed E-state index contributed by atoms with van der Waals surface area (Å²) in [4.78, 5) is 19.7. The number of aromatic carboxylic acids is 1. The van der Waals surface area contributed by atoms with Crippen LogP contribution in [-0.4, -0.2) is 21.0 Å². The number of carbonyl (C=O) groups is 1. The van der Waals surface area contributed by atoms with Crippen LogP contribution < -0.4 is 4.74 Å². The SMILES string of the molecule is Cc1ccnc(-c2cc(COc3ccc(N=Nc4ccc(C(=O)O)cc4)cc3)ccn2)c1. The van der Waals surface area contributed by atoms with Gasteiger partial charge in [0.05, 0.1) is 28.3 Å². The lowest BCUT2D eigenvalue weighted by Gasteiger charge is -2.08. The van der Waals surface area contributed by atoms with Crippen LogP contribution in [0.1, 0.15) is 21.5 Å². The van der Waals surface area contributed by atoms with E-state index in [1.165, 1.54) is 12.1 Å². The second-order valence-corrected chi connectivity index (χ2v) is 7.10. The van der Waals surface area contributed by atoms with Gasteiger partial charge in [0.15, 0.2) is 0 Å². The summed E-state index contributed by atoms with van der Waals surface area (Å²) in [5.74, 6) is -0.263. The summed E-state index contributed by atoms with van der Waals surface area (Å²) in [6.07, 6.45) is 3.53. The molecule has 0 aliphatic carbocycles. The molecule has 2 aromatic carbocycles. The molecule has 0 fully saturated rings. The van der Waals surface area contributed by atoms with Crippen LogP contribution in [0.3, 0.4) is 0 Å². The van der Waals surface area contributed by atoms with E-state index in [0.717, 1.165) is 22.5 Å². The van der Waals surface area contributed by atoms with E-state index in [9.17, 15) is 4.79 Å². The third-order valence-electron chi connectivity index (χ3n) is 4.64. The molecule has 4 aromatic rings. The second kappa shape index (κ2) is 9.61. The Labute approximate surface area is 185 Å². The molecule has 158 valence electrons. The van der Waals surface area contributed by atoms with Crippen molar-refractivity contribution in [2.45, 2.75) is 13.5 Å². The summed E-state index contributed by atoms with van der Waals surface area (Å²) in [5, 5.41) is 17.2. The van der Waals surface area contributed by atoms with Gasteiger partial charge in [0.1, 0.15) is 12.4 Å². The number of carboxylic acid groups (broad SMARTS) is 1. The Morgan fingerprint density at radius 2 is 1.44 bits per heavy atom. The fourth-order valence-electron chi connectivity index (χ4n) is 2.94. The minimum absolute atomic E-state index is 0.210. The van der Waals surface area contributed by atoms with Crippen molar-refractivity contribution in [3.63, 3.8) is 0 Å². The van der Waals surface area contributed by atoms with Gasteiger partial charge >= 0.3 is 5.97 Å². The number of rotatable bonds is 7. The number of azo groups is 1. The molecule has 0 bridgehead atoms. The Bertz CT molecular complexity index is 1250. The van der Waals surface area contributed by atoms with Crippen LogP contribution in [0.2, 0.25) is 0 Å². The van der Waals surface area contributed by atoms with E-state index >= 15 is 0 Å². The van der Waals surface area contributed by atoms with Gasteiger partial charge in [-0.05, 0) is 90.8 Å². The predicted octanol–water partition coefficient (Wildman–Crippen LogP) is 6.14. The molecule has 0 atom stereocenters. The van der Waals surface area contributed by atoms with Gasteiger partial charge in [0.25, 0.3) is 0 Å². The van der Waals surface area contributed by atoms with Gasteiger partial charge in [-0.2, -0.15) is 10.2 Å². The fourth-order valence-corrected chi connectivity index (χ4v) is 2.94. The van der Waals surface area contributed by atoms with E-state index in [-0.39, 0.29) is 5.56 Å². The molecule has 7 heteroatoms. The van der Waals surface area contributed by atoms with Crippen molar-refractivity contribution in [1.82, 2.24) is 9.97 Å². The molecule has 0 unspecified atom stereocenters. The van der Waals surface area contributed by atoms with Gasteiger partial charge in [0.2, 0.25) is 0 Å². The average molecular weight is 424 g/mol. The quantitative estimate of drug-likeness (QED) is 0.359. The lowest BCUT2D eigenvalue weighted by molar-refractivity contribution is 0.0697. The molecule has 7 nitrogen and oxygen atoms in total. The van der Waals surface area contributed by atoms with Crippen LogP contribution in [0.5, 0.6) is 5.75 Å². The normalized spacial score (nSPS) is 10.9. The van der Waals surface area contributed by atoms with Gasteiger partial charge in [0, 0.05) is 12.4 Å². The van der Waals surface area contributed by atoms with Gasteiger partial charge in [-0.25, -0.2) is 4.79 Å². The Morgan fingerprint density at radius 3 is 2.06 bits per heavy atom. The van der Waals surface area contributed by atoms with E-state index in [0.29, 0.717) is 23.7 Å². The number of ether oxygens (including phenoxy) is 1. The van der Waals surface area contributed by atoms with E-state index in [2.05, 4.69) is 20.2 Å². The first-order chi connectivity index (χ1) is 15.6. The summed E-state index contributed by atoms with van der Waals surface area (Å²) in [5.41, 5.74) is 5.21. The number of nitrogens with zero attached hydrogens (tertiary/aromatic N) is 4. The van der Waals surface area contributed by atoms with E-state index in [1.807, 2.05) is 43.3 Å². The Balaban J connectivity index is 1.37. The predicted molar refractivity (Wildman–Crippen MR) is 121 cm³/mol. The molecule has 0 aliphatic heterocycles. The highest BCUT2D eigenvalue weighted by Crippen LogP contribution is 2.23. The third kappa shape index (κ3) is 5.40. The second-order valence-electron chi connectivity index (χ2n) is 7.10. The number of hydrogen-bond acceptors (Lipinski definition) is 6. The number of pyridine rings is 2. The molecule has 0 aliphatic rings. The molecule has 0 radical (unpaired) electrons. The highest BCUT2D eigenvalue weighted by molar-refractivity contribution is 5.87. The van der Waals surface area contributed by atoms with Gasteiger partial charge < -0.3 is 9.84 Å². The molecule has 0 saturated carbocycles. The Morgan fingerprint density at radius 1 is 0.844 bits per heavy atom. The number of hydrogen-bond donors (Lipinski definition) is 1. The first-order valence-electron chi connectivity index (χ1n) is 9.93. The lowest BCUT2D eigenvalue weighted by atomic mass is 10.1. The smallest absolute Gasteiger partial charge is 0.335 e. The zero-order valence-electron chi connectivity index (χ0n) is 17.3. The highest BCUT2D eigenvalue weighted by atomic mass is 16.5. The minimum Gasteiger partial charge on any atom is -0.489 e. The molecule has 0 amide bonds. The van der Waals surface area contributed by atoms with Gasteiger partial charge in [-0.15, -0.1) is 0 Å². The number of carboxylic acids is 1. The van der Waals surface area contributed by atoms with E-state index in [4.69, 9.17) is 9.84 Å². The Kier molecular flexibility index (Phi) is 6.27. The number of aromatic nitrogens is 2. The summed E-state index contributed by atoms with van der Waals surface area (Å²) in [7, 11) is 0. The topological polar surface area (TPSA) is 97.0 Å². The standard InChI is InChI=1S/C25H20N4O3/c1-17-10-12-26-23(14-17)24-15-18(11-13-27-24)16-32-22-8-6-21(7-9-22)29-28-20-4-2-19(3-5-20)25(30)31/h2-15H,16H2,1H3,(H,30,31). The molecular formula is C25H20N4O3. The molecule has 0 spiro atoms. The van der Waals surface area contributed by atoms with Crippen LogP contribution in [0.25, 0.3) is 11.4 Å². The van der Waals surface area contributed by atoms with Crippen LogP contribution in [-0.2, 0) is 6.61 Å². The average Bonchev–Trinajstić information content (AvgIpc) is 2.82. The monoisotopic (exact) mass is 424 g/mol. The first-order valence-corrected chi connectivity index (χ1v) is 9.93. The zero-order valence-corrected chi connectivity index (χ0v) is 17.3. The van der Waals surface area contributed by atoms with E-state index in [1.54, 1.807) is 36.7 Å². The summed E-state index contributed by atoms with van der Waals surface area (Å²) in [6.45, 7) is 2.43. The molecule has 0 saturated heterocycles. The van der Waals surface area contributed by atoms with Gasteiger partial charge in [-0.3, -0.25) is 9.97 Å². The van der Waals surface area contributed by atoms with Crippen molar-refractivity contribution >= 4 is 17.3 Å². The van der Waals surface area contributed by atoms with Crippen LogP contribution in [0.4, 0.5) is 11.4 Å². The minimum atomic E-state index is -0.973. The first kappa shape index (κ1) is 20.9. The maximum absolute atomic E-state index is 10.9. The highest BCUT2D eigenvalue weighted by Gasteiger charge is 2.04. The third-order valence-corrected chi connectivity index (χ3v) is 4.64. The fraction of sp³-hybridized carbons (Fsp3) is 0.0800. The molecule has 4 rings (SSSR count). The van der Waals surface area contributed by atoms with Crippen LogP contribution in [0, 0.1) is 6.92 Å². The van der Waals surface area contributed by atoms with Crippen molar-refractivity contribution < 1.29 is 14.6 Å². The summed E-state index contributed by atoms with van der Waals surface area (Å²) >= 11 is 0. The zero-order chi connectivity index (χ0) is 22.3. The van der Waals surface area contributed by atoms with Crippen LogP contribution in [0.15, 0.2) is 95.4 Å². The van der Waals surface area contributed by atoms with Crippen molar-refractivity contribution in [2.24, 2.45) is 10.2 Å². The largest absolute Gasteiger partial charge is 0.489 e. The molecule has 1 N–H and O–H groups in total. The lowest BCUT2D eigenvalue weighted by Crippen LogP contribution is -1.97. The number of benzene rings is 2. The number of aryl methyl sites for hydroxylation is 1. The maximum Gasteiger partial charge on any atom is 0.335 e. The van der Waals surface area contributed by atoms with Crippen molar-refractivity contribution in [3.8, 4) is 17.1 Å². The van der Waals surface area contributed by atoms with Crippen molar-refractivity contribution in [2.75, 3.05) is 0 Å². The summed E-state index contributed by atoms with van der Waals surface area (Å²) < 4.78 is 5.88. The summed E-state index contributed by atoms with van der Waals surface area (Å²) in [6, 6.07) is 21.3. The maximum atomic E-state index is 10.9. The molecular weight excluding hydrogens is 404 g/mol. The molecule has 2 heterocycles.